The summed E-state index contributed by atoms with van der Waals surface area (Å²) in [5, 5.41) is 6.28. The Bertz CT molecular complexity index is 1210. The summed E-state index contributed by atoms with van der Waals surface area (Å²) in [6.07, 6.45) is 1.27. The van der Waals surface area contributed by atoms with Crippen molar-refractivity contribution in [3.63, 3.8) is 0 Å². The molecule has 0 bridgehead atoms. The minimum absolute atomic E-state index is 0.225. The second-order valence-corrected chi connectivity index (χ2v) is 6.74. The molecule has 3 aromatic carbocycles. The highest BCUT2D eigenvalue weighted by Crippen LogP contribution is 2.23. The van der Waals surface area contributed by atoms with Crippen molar-refractivity contribution in [1.29, 1.82) is 0 Å². The van der Waals surface area contributed by atoms with Gasteiger partial charge in [-0.05, 0) is 49.4 Å². The van der Waals surface area contributed by atoms with E-state index in [9.17, 15) is 14.4 Å². The van der Waals surface area contributed by atoms with Crippen molar-refractivity contribution in [3.05, 3.63) is 83.9 Å². The van der Waals surface area contributed by atoms with Crippen LogP contribution in [-0.2, 0) is 9.59 Å². The number of rotatable bonds is 8. The molecule has 3 aromatic rings. The van der Waals surface area contributed by atoms with Crippen molar-refractivity contribution >= 4 is 29.7 Å². The number of nitrogens with zero attached hydrogens (tertiary/aromatic N) is 1. The highest BCUT2D eigenvalue weighted by atomic mass is 16.5. The lowest BCUT2D eigenvalue weighted by atomic mass is 10.2. The number of esters is 1. The van der Waals surface area contributed by atoms with Crippen LogP contribution in [0.1, 0.15) is 22.8 Å². The van der Waals surface area contributed by atoms with Gasteiger partial charge in [0.2, 0.25) is 0 Å². The summed E-state index contributed by atoms with van der Waals surface area (Å²) < 4.78 is 16.0. The number of nitrogens with one attached hydrogen (secondary N) is 2. The number of ether oxygens (including phenoxy) is 3. The number of benzene rings is 3. The fourth-order valence-corrected chi connectivity index (χ4v) is 2.83. The monoisotopic (exact) mass is 461 g/mol. The minimum Gasteiger partial charge on any atom is -0.497 e. The predicted octanol–water partition coefficient (Wildman–Crippen LogP) is 3.40. The molecule has 2 amide bonds. The van der Waals surface area contributed by atoms with E-state index in [1.54, 1.807) is 72.8 Å². The molecule has 2 N–H and O–H groups in total. The molecule has 0 aliphatic carbocycles. The maximum Gasteiger partial charge on any atom is 0.343 e. The van der Waals surface area contributed by atoms with Crippen LogP contribution in [0.2, 0.25) is 0 Å². The highest BCUT2D eigenvalue weighted by Gasteiger charge is 2.16. The third kappa shape index (κ3) is 6.42. The van der Waals surface area contributed by atoms with Crippen molar-refractivity contribution in [2.45, 2.75) is 6.92 Å². The number of methoxy groups -OCH3 is 1. The Morgan fingerprint density at radius 3 is 2.41 bits per heavy atom. The van der Waals surface area contributed by atoms with Gasteiger partial charge in [-0.15, -0.1) is 0 Å². The number of para-hydroxylation sites is 3. The molecule has 0 radical (unpaired) electrons. The summed E-state index contributed by atoms with van der Waals surface area (Å²) in [4.78, 5) is 36.8. The smallest absolute Gasteiger partial charge is 0.343 e. The van der Waals surface area contributed by atoms with E-state index in [4.69, 9.17) is 14.2 Å². The van der Waals surface area contributed by atoms with E-state index in [2.05, 4.69) is 15.8 Å². The van der Waals surface area contributed by atoms with Crippen LogP contribution in [0, 0.1) is 0 Å². The Morgan fingerprint density at radius 2 is 1.65 bits per heavy atom. The van der Waals surface area contributed by atoms with Gasteiger partial charge in [0.1, 0.15) is 17.2 Å². The first-order chi connectivity index (χ1) is 16.5. The third-order valence-corrected chi connectivity index (χ3v) is 4.44. The van der Waals surface area contributed by atoms with E-state index in [0.717, 1.165) is 0 Å². The van der Waals surface area contributed by atoms with Crippen LogP contribution < -0.4 is 25.0 Å². The van der Waals surface area contributed by atoms with Gasteiger partial charge in [-0.1, -0.05) is 30.3 Å². The number of amides is 2. The van der Waals surface area contributed by atoms with Crippen LogP contribution in [0.15, 0.2) is 77.9 Å². The Hall–Kier alpha value is -4.66. The van der Waals surface area contributed by atoms with Crippen LogP contribution in [0.25, 0.3) is 0 Å². The number of hydrogen-bond acceptors (Lipinski definition) is 7. The first kappa shape index (κ1) is 24.0. The van der Waals surface area contributed by atoms with Gasteiger partial charge in [0.25, 0.3) is 0 Å². The molecule has 0 fully saturated rings. The zero-order chi connectivity index (χ0) is 24.3. The molecule has 0 unspecified atom stereocenters. The molecule has 0 spiro atoms. The highest BCUT2D eigenvalue weighted by molar-refractivity contribution is 6.39. The number of hydrazone groups is 1. The maximum atomic E-state index is 12.5. The summed E-state index contributed by atoms with van der Waals surface area (Å²) >= 11 is 0. The van der Waals surface area contributed by atoms with Crippen molar-refractivity contribution in [3.8, 4) is 17.2 Å². The van der Waals surface area contributed by atoms with Crippen LogP contribution >= 0.6 is 0 Å². The molecule has 0 aliphatic rings. The van der Waals surface area contributed by atoms with Gasteiger partial charge in [-0.2, -0.15) is 5.10 Å². The first-order valence-electron chi connectivity index (χ1n) is 10.3. The van der Waals surface area contributed by atoms with Crippen LogP contribution in [0.4, 0.5) is 5.69 Å². The quantitative estimate of drug-likeness (QED) is 0.175. The summed E-state index contributed by atoms with van der Waals surface area (Å²) in [7, 11) is 1.50. The van der Waals surface area contributed by atoms with E-state index in [0.29, 0.717) is 34.9 Å². The molecule has 9 nitrogen and oxygen atoms in total. The fourth-order valence-electron chi connectivity index (χ4n) is 2.83. The van der Waals surface area contributed by atoms with Gasteiger partial charge >= 0.3 is 17.8 Å². The lowest BCUT2D eigenvalue weighted by Gasteiger charge is -2.10. The van der Waals surface area contributed by atoms with Gasteiger partial charge in [-0.3, -0.25) is 9.59 Å². The molecule has 0 aliphatic heterocycles. The molecule has 0 aromatic heterocycles. The van der Waals surface area contributed by atoms with Crippen LogP contribution in [0.5, 0.6) is 17.2 Å². The standard InChI is InChI=1S/C25H23N3O6/c1-3-33-22-14-7-5-12-20(22)27-23(29)24(30)28-26-16-18-9-4-6-13-21(18)34-25(31)17-10-8-11-19(15-17)32-2/h4-16H,3H2,1-2H3,(H,27,29)(H,28,30). The first-order valence-corrected chi connectivity index (χ1v) is 10.3. The summed E-state index contributed by atoms with van der Waals surface area (Å²) in [6.45, 7) is 2.22. The van der Waals surface area contributed by atoms with E-state index in [-0.39, 0.29) is 5.75 Å². The Kier molecular flexibility index (Phi) is 8.34. The summed E-state index contributed by atoms with van der Waals surface area (Å²) in [5.41, 5.74) is 3.24. The predicted molar refractivity (Wildman–Crippen MR) is 126 cm³/mol. The number of carbonyl (C=O) groups is 3. The van der Waals surface area contributed by atoms with E-state index in [1.807, 2.05) is 6.92 Å². The van der Waals surface area contributed by atoms with Gasteiger partial charge in [0.15, 0.2) is 0 Å². The molecule has 0 heterocycles. The molecular weight excluding hydrogens is 438 g/mol. The van der Waals surface area contributed by atoms with Crippen molar-refractivity contribution in [1.82, 2.24) is 5.43 Å². The molecule has 3 rings (SSSR count). The van der Waals surface area contributed by atoms with Crippen molar-refractivity contribution in [2.75, 3.05) is 19.0 Å². The third-order valence-electron chi connectivity index (χ3n) is 4.44. The maximum absolute atomic E-state index is 12.5. The van der Waals surface area contributed by atoms with Gasteiger partial charge < -0.3 is 19.5 Å². The zero-order valence-corrected chi connectivity index (χ0v) is 18.6. The molecule has 9 heteroatoms. The van der Waals surface area contributed by atoms with E-state index in [1.165, 1.54) is 13.3 Å². The van der Waals surface area contributed by atoms with Crippen LogP contribution in [-0.4, -0.2) is 37.7 Å². The number of hydrogen-bond donors (Lipinski definition) is 2. The topological polar surface area (TPSA) is 115 Å². The number of carbonyl (C=O) groups excluding carboxylic acids is 3. The normalized spacial score (nSPS) is 10.4. The van der Waals surface area contributed by atoms with Gasteiger partial charge in [0.05, 0.1) is 31.2 Å². The second kappa shape index (κ2) is 11.8. The molecule has 174 valence electrons. The minimum atomic E-state index is -0.978. The largest absolute Gasteiger partial charge is 0.497 e. The van der Waals surface area contributed by atoms with Gasteiger partial charge in [-0.25, -0.2) is 10.2 Å². The Balaban J connectivity index is 1.63. The van der Waals surface area contributed by atoms with Crippen molar-refractivity contribution in [2.24, 2.45) is 5.10 Å². The second-order valence-electron chi connectivity index (χ2n) is 6.74. The molecular formula is C25H23N3O6. The average Bonchev–Trinajstić information content (AvgIpc) is 2.86. The lowest BCUT2D eigenvalue weighted by Crippen LogP contribution is -2.32. The number of anilines is 1. The SMILES string of the molecule is CCOc1ccccc1NC(=O)C(=O)NN=Cc1ccccc1OC(=O)c1cccc(OC)c1. The molecule has 34 heavy (non-hydrogen) atoms. The molecule has 0 atom stereocenters. The van der Waals surface area contributed by atoms with E-state index < -0.39 is 17.8 Å². The summed E-state index contributed by atoms with van der Waals surface area (Å²) in [5.74, 6) is -1.29. The molecule has 0 saturated carbocycles. The van der Waals surface area contributed by atoms with Crippen molar-refractivity contribution < 1.29 is 28.6 Å². The lowest BCUT2D eigenvalue weighted by molar-refractivity contribution is -0.136. The average molecular weight is 461 g/mol. The zero-order valence-electron chi connectivity index (χ0n) is 18.6. The fraction of sp³-hybridized carbons (Fsp3) is 0.120. The van der Waals surface area contributed by atoms with Crippen LogP contribution in [0.3, 0.4) is 0 Å². The Morgan fingerprint density at radius 1 is 0.912 bits per heavy atom. The summed E-state index contributed by atoms with van der Waals surface area (Å²) in [6, 6.07) is 19.9. The Labute approximate surface area is 196 Å². The molecule has 0 saturated heterocycles. The van der Waals surface area contributed by atoms with Gasteiger partial charge in [0, 0.05) is 5.56 Å². The van der Waals surface area contributed by atoms with E-state index >= 15 is 0 Å².